The fourth-order valence-electron chi connectivity index (χ4n) is 2.73. The van der Waals surface area contributed by atoms with Crippen molar-refractivity contribution in [3.8, 4) is 0 Å². The largest absolute Gasteiger partial charge is 0.511 e. The van der Waals surface area contributed by atoms with Crippen molar-refractivity contribution < 1.29 is 41.0 Å². The van der Waals surface area contributed by atoms with E-state index in [1.807, 2.05) is 0 Å². The molecule has 0 fully saturated rings. The number of alkyl halides is 6. The van der Waals surface area contributed by atoms with Crippen molar-refractivity contribution in [1.29, 1.82) is 0 Å². The topological polar surface area (TPSA) is 106 Å². The van der Waals surface area contributed by atoms with Gasteiger partial charge >= 0.3 is 12.4 Å². The molecule has 1 unspecified atom stereocenters. The summed E-state index contributed by atoms with van der Waals surface area (Å²) in [6, 6.07) is 0.411. The lowest BCUT2D eigenvalue weighted by molar-refractivity contribution is -0.143. The van der Waals surface area contributed by atoms with Crippen LogP contribution in [0.2, 0.25) is 0 Å². The van der Waals surface area contributed by atoms with Crippen molar-refractivity contribution >= 4 is 11.8 Å². The van der Waals surface area contributed by atoms with E-state index in [0.29, 0.717) is 0 Å². The third kappa shape index (κ3) is 3.62. The Labute approximate surface area is 147 Å². The van der Waals surface area contributed by atoms with Crippen LogP contribution in [0.5, 0.6) is 0 Å². The van der Waals surface area contributed by atoms with Gasteiger partial charge in [-0.25, -0.2) is 0 Å². The Hall–Kier alpha value is -2.98. The molecule has 0 radical (unpaired) electrons. The maximum absolute atomic E-state index is 13.1. The second kappa shape index (κ2) is 6.32. The van der Waals surface area contributed by atoms with Crippen molar-refractivity contribution in [1.82, 2.24) is 0 Å². The number of halogens is 6. The van der Waals surface area contributed by atoms with Gasteiger partial charge in [-0.2, -0.15) is 26.3 Å². The number of aliphatic hydroxyl groups excluding tert-OH is 1. The summed E-state index contributed by atoms with van der Waals surface area (Å²) in [5, 5.41) is 10.1. The minimum atomic E-state index is -5.18. The van der Waals surface area contributed by atoms with Crippen LogP contribution in [-0.4, -0.2) is 16.9 Å². The number of benzene rings is 1. The molecule has 0 spiro atoms. The third-order valence-electron chi connectivity index (χ3n) is 4.15. The fourth-order valence-corrected chi connectivity index (χ4v) is 2.73. The van der Waals surface area contributed by atoms with Gasteiger partial charge in [0.2, 0.25) is 11.8 Å². The minimum Gasteiger partial charge on any atom is -0.511 e. The average molecular weight is 394 g/mol. The van der Waals surface area contributed by atoms with Crippen molar-refractivity contribution in [3.05, 3.63) is 58.4 Å². The first kappa shape index (κ1) is 20.3. The fraction of sp³-hybridized carbons (Fsp3) is 0.250. The Morgan fingerprint density at radius 1 is 0.926 bits per heavy atom. The van der Waals surface area contributed by atoms with Gasteiger partial charge in [-0.1, -0.05) is 6.08 Å². The molecule has 146 valence electrons. The van der Waals surface area contributed by atoms with Gasteiger partial charge < -0.3 is 16.6 Å². The first-order chi connectivity index (χ1) is 12.2. The molecule has 1 aliphatic rings. The van der Waals surface area contributed by atoms with Crippen molar-refractivity contribution in [3.63, 3.8) is 0 Å². The predicted molar refractivity (Wildman–Crippen MR) is 79.9 cm³/mol. The van der Waals surface area contributed by atoms with Gasteiger partial charge in [-0.3, -0.25) is 9.59 Å². The van der Waals surface area contributed by atoms with Gasteiger partial charge in [0, 0.05) is 12.0 Å². The summed E-state index contributed by atoms with van der Waals surface area (Å²) in [6.45, 7) is 0. The van der Waals surface area contributed by atoms with Crippen molar-refractivity contribution in [2.75, 3.05) is 0 Å². The summed E-state index contributed by atoms with van der Waals surface area (Å²) in [5.74, 6) is -3.43. The van der Waals surface area contributed by atoms with E-state index >= 15 is 0 Å². The van der Waals surface area contributed by atoms with Crippen LogP contribution in [-0.2, 0) is 27.4 Å². The summed E-state index contributed by atoms with van der Waals surface area (Å²) in [7, 11) is 0. The highest BCUT2D eigenvalue weighted by atomic mass is 19.4. The molecule has 0 heterocycles. The van der Waals surface area contributed by atoms with Crippen LogP contribution in [0.4, 0.5) is 26.3 Å². The molecule has 11 heteroatoms. The van der Waals surface area contributed by atoms with E-state index in [9.17, 15) is 41.0 Å². The molecule has 5 nitrogen and oxygen atoms in total. The molecule has 0 aliphatic heterocycles. The van der Waals surface area contributed by atoms with E-state index < -0.39 is 58.5 Å². The lowest BCUT2D eigenvalue weighted by Gasteiger charge is -2.34. The highest BCUT2D eigenvalue weighted by molar-refractivity contribution is 5.98. The lowest BCUT2D eigenvalue weighted by atomic mass is 9.70. The minimum absolute atomic E-state index is 0.132. The summed E-state index contributed by atoms with van der Waals surface area (Å²) in [5.41, 5.74) is 3.22. The summed E-state index contributed by atoms with van der Waals surface area (Å²) in [6.07, 6.45) is -9.37. The predicted octanol–water partition coefficient (Wildman–Crippen LogP) is 2.70. The van der Waals surface area contributed by atoms with E-state index in [1.54, 1.807) is 0 Å². The zero-order chi connectivity index (χ0) is 20.8. The number of rotatable bonds is 3. The Balaban J connectivity index is 2.83. The molecule has 0 bridgehead atoms. The molecular formula is C16H12F6N2O3. The molecule has 0 aromatic heterocycles. The molecular weight excluding hydrogens is 382 g/mol. The number of carbonyl (C=O) groups is 2. The molecule has 27 heavy (non-hydrogen) atoms. The number of primary amides is 2. The molecule has 1 atom stereocenters. The maximum Gasteiger partial charge on any atom is 0.416 e. The summed E-state index contributed by atoms with van der Waals surface area (Å²) < 4.78 is 78.5. The van der Waals surface area contributed by atoms with E-state index in [-0.39, 0.29) is 23.8 Å². The van der Waals surface area contributed by atoms with Gasteiger partial charge in [0.1, 0.15) is 11.2 Å². The molecule has 2 amide bonds. The third-order valence-corrected chi connectivity index (χ3v) is 4.15. The van der Waals surface area contributed by atoms with Crippen LogP contribution in [0.25, 0.3) is 0 Å². The number of hydrogen-bond acceptors (Lipinski definition) is 3. The number of allylic oxidation sites excluding steroid dienone is 2. The van der Waals surface area contributed by atoms with Crippen LogP contribution in [0.1, 0.15) is 23.1 Å². The molecule has 2 rings (SSSR count). The Morgan fingerprint density at radius 3 is 1.78 bits per heavy atom. The van der Waals surface area contributed by atoms with Crippen LogP contribution in [0.3, 0.4) is 0 Å². The van der Waals surface area contributed by atoms with Gasteiger partial charge in [0.25, 0.3) is 0 Å². The monoisotopic (exact) mass is 394 g/mol. The molecule has 1 aromatic carbocycles. The van der Waals surface area contributed by atoms with E-state index in [4.69, 9.17) is 11.5 Å². The summed E-state index contributed by atoms with van der Waals surface area (Å²) >= 11 is 0. The van der Waals surface area contributed by atoms with Gasteiger partial charge in [-0.05, 0) is 29.8 Å². The number of carbonyl (C=O) groups excluding carboxylic acids is 2. The van der Waals surface area contributed by atoms with Crippen LogP contribution in [0.15, 0.2) is 41.7 Å². The van der Waals surface area contributed by atoms with Crippen LogP contribution in [0, 0.1) is 0 Å². The number of hydrogen-bond donors (Lipinski definition) is 3. The SMILES string of the molecule is NC(=O)C1=CC=C(O)C(C(N)=O)(c2cc(C(F)(F)F)cc(C(F)(F)F)c2)C1. The smallest absolute Gasteiger partial charge is 0.416 e. The zero-order valence-electron chi connectivity index (χ0n) is 13.3. The quantitative estimate of drug-likeness (QED) is 0.687. The number of aliphatic hydroxyl groups is 1. The highest BCUT2D eigenvalue weighted by Gasteiger charge is 2.48. The molecule has 0 saturated carbocycles. The van der Waals surface area contributed by atoms with Crippen molar-refractivity contribution in [2.24, 2.45) is 11.5 Å². The lowest BCUT2D eigenvalue weighted by Crippen LogP contribution is -2.45. The highest BCUT2D eigenvalue weighted by Crippen LogP contribution is 2.44. The Bertz CT molecular complexity index is 838. The Kier molecular flexibility index (Phi) is 4.76. The number of nitrogens with two attached hydrogens (primary N) is 2. The second-order valence-corrected chi connectivity index (χ2v) is 5.85. The average Bonchev–Trinajstić information content (AvgIpc) is 2.52. The Morgan fingerprint density at radius 2 is 1.41 bits per heavy atom. The zero-order valence-corrected chi connectivity index (χ0v) is 13.3. The van der Waals surface area contributed by atoms with E-state index in [0.717, 1.165) is 12.2 Å². The van der Waals surface area contributed by atoms with Crippen LogP contribution >= 0.6 is 0 Å². The van der Waals surface area contributed by atoms with Crippen molar-refractivity contribution in [2.45, 2.75) is 24.2 Å². The van der Waals surface area contributed by atoms with Gasteiger partial charge in [0.15, 0.2) is 0 Å². The molecule has 0 saturated heterocycles. The van der Waals surface area contributed by atoms with Gasteiger partial charge in [0.05, 0.1) is 11.1 Å². The molecule has 1 aliphatic carbocycles. The van der Waals surface area contributed by atoms with E-state index in [1.165, 1.54) is 0 Å². The van der Waals surface area contributed by atoms with E-state index in [2.05, 4.69) is 0 Å². The standard InChI is InChI=1S/C16H12F6N2O3/c17-15(18,19)9-3-8(4-10(5-9)16(20,21)22)14(13(24)27)6-7(12(23)26)1-2-11(14)25/h1-5,25H,6H2,(H2,23,26)(H2,24,27). The first-order valence-electron chi connectivity index (χ1n) is 7.19. The van der Waals surface area contributed by atoms with Gasteiger partial charge in [-0.15, -0.1) is 0 Å². The molecule has 1 aromatic rings. The second-order valence-electron chi connectivity index (χ2n) is 5.85. The van der Waals surface area contributed by atoms with Crippen LogP contribution < -0.4 is 11.5 Å². The summed E-state index contributed by atoms with van der Waals surface area (Å²) in [4.78, 5) is 23.4. The first-order valence-corrected chi connectivity index (χ1v) is 7.19. The number of amides is 2. The normalized spacial score (nSPS) is 20.7. The molecule has 5 N–H and O–H groups in total. The maximum atomic E-state index is 13.1.